The molecule has 6 nitrogen and oxygen atoms in total. The number of carbonyl (C=O) groups excluding carboxylic acids is 1. The van der Waals surface area contributed by atoms with Crippen molar-refractivity contribution in [2.75, 3.05) is 6.54 Å². The zero-order valence-corrected chi connectivity index (χ0v) is 17.6. The Balaban J connectivity index is 1.31. The van der Waals surface area contributed by atoms with Gasteiger partial charge in [-0.3, -0.25) is 9.78 Å². The van der Waals surface area contributed by atoms with Gasteiger partial charge in [-0.1, -0.05) is 42.5 Å². The Kier molecular flexibility index (Phi) is 5.20. The number of aryl methyl sites for hydroxylation is 1. The average molecular weight is 412 g/mol. The maximum atomic E-state index is 13.2. The summed E-state index contributed by atoms with van der Waals surface area (Å²) in [5, 5.41) is 6.99. The van der Waals surface area contributed by atoms with Crippen molar-refractivity contribution in [2.24, 2.45) is 0 Å². The molecule has 1 aliphatic rings. The molecule has 1 fully saturated rings. The lowest BCUT2D eigenvalue weighted by molar-refractivity contribution is -0.131. The second kappa shape index (κ2) is 8.30. The van der Waals surface area contributed by atoms with Crippen molar-refractivity contribution in [3.63, 3.8) is 0 Å². The molecule has 5 rings (SSSR count). The fourth-order valence-electron chi connectivity index (χ4n) is 4.07. The highest BCUT2D eigenvalue weighted by molar-refractivity contribution is 5.90. The van der Waals surface area contributed by atoms with E-state index in [-0.39, 0.29) is 5.91 Å². The molecule has 0 bridgehead atoms. The van der Waals surface area contributed by atoms with Crippen LogP contribution in [0.4, 0.5) is 0 Å². The highest BCUT2D eigenvalue weighted by Crippen LogP contribution is 2.28. The van der Waals surface area contributed by atoms with Gasteiger partial charge in [-0.15, -0.1) is 0 Å². The molecule has 0 aliphatic heterocycles. The third-order valence-corrected chi connectivity index (χ3v) is 5.88. The third kappa shape index (κ3) is 4.19. The second-order valence-corrected chi connectivity index (χ2v) is 8.08. The largest absolute Gasteiger partial charge is 0.338 e. The molecule has 1 amide bonds. The van der Waals surface area contributed by atoms with E-state index in [0.717, 1.165) is 35.2 Å². The molecule has 2 aromatic heterocycles. The van der Waals surface area contributed by atoms with Crippen molar-refractivity contribution in [1.82, 2.24) is 24.6 Å². The first-order chi connectivity index (χ1) is 15.2. The summed E-state index contributed by atoms with van der Waals surface area (Å²) in [6.45, 7) is 3.24. The summed E-state index contributed by atoms with van der Waals surface area (Å²) in [4.78, 5) is 23.9. The van der Waals surface area contributed by atoms with Gasteiger partial charge in [0.2, 0.25) is 5.91 Å². The van der Waals surface area contributed by atoms with E-state index in [1.807, 2.05) is 46.8 Å². The number of rotatable bonds is 7. The standard InChI is InChI=1S/C25H25N5O/c1-18-27-25(20-11-13-26-14-12-20)28-30(18)16-15-29(22-9-10-22)24(31)17-21-7-4-6-19-5-2-3-8-23(19)21/h2-8,11-14,22H,9-10,15-17H2,1H3. The summed E-state index contributed by atoms with van der Waals surface area (Å²) in [5.41, 5.74) is 2.04. The van der Waals surface area contributed by atoms with Crippen LogP contribution < -0.4 is 0 Å². The Hall–Kier alpha value is -3.54. The van der Waals surface area contributed by atoms with Gasteiger partial charge in [0, 0.05) is 30.5 Å². The van der Waals surface area contributed by atoms with Crippen LogP contribution in [0, 0.1) is 6.92 Å². The Bertz CT molecular complexity index is 1210. The summed E-state index contributed by atoms with van der Waals surface area (Å²) in [5.74, 6) is 1.73. The molecule has 6 heteroatoms. The normalized spacial score (nSPS) is 13.5. The highest BCUT2D eigenvalue weighted by atomic mass is 16.2. The van der Waals surface area contributed by atoms with Gasteiger partial charge in [-0.2, -0.15) is 5.10 Å². The monoisotopic (exact) mass is 411 g/mol. The van der Waals surface area contributed by atoms with Gasteiger partial charge in [-0.25, -0.2) is 9.67 Å². The SMILES string of the molecule is Cc1nc(-c2ccncc2)nn1CCN(C(=O)Cc1cccc2ccccc12)C1CC1. The van der Waals surface area contributed by atoms with Gasteiger partial charge in [0.25, 0.3) is 0 Å². The molecule has 0 N–H and O–H groups in total. The van der Waals surface area contributed by atoms with Crippen LogP contribution >= 0.6 is 0 Å². The number of aromatic nitrogens is 4. The zero-order chi connectivity index (χ0) is 21.2. The van der Waals surface area contributed by atoms with Crippen molar-refractivity contribution in [2.45, 2.75) is 38.8 Å². The molecule has 0 saturated heterocycles. The first-order valence-electron chi connectivity index (χ1n) is 10.8. The number of pyridine rings is 1. The molecular formula is C25H25N5O. The molecule has 0 unspecified atom stereocenters. The van der Waals surface area contributed by atoms with Crippen molar-refractivity contribution < 1.29 is 4.79 Å². The minimum Gasteiger partial charge on any atom is -0.338 e. The van der Waals surface area contributed by atoms with E-state index in [2.05, 4.69) is 39.3 Å². The maximum absolute atomic E-state index is 13.2. The van der Waals surface area contributed by atoms with Crippen molar-refractivity contribution in [3.8, 4) is 11.4 Å². The zero-order valence-electron chi connectivity index (χ0n) is 17.6. The summed E-state index contributed by atoms with van der Waals surface area (Å²) in [6, 6.07) is 18.6. The van der Waals surface area contributed by atoms with Gasteiger partial charge < -0.3 is 4.90 Å². The number of hydrogen-bond donors (Lipinski definition) is 0. The van der Waals surface area contributed by atoms with Crippen LogP contribution in [0.25, 0.3) is 22.2 Å². The number of benzene rings is 2. The molecule has 0 atom stereocenters. The van der Waals surface area contributed by atoms with Gasteiger partial charge in [0.05, 0.1) is 13.0 Å². The molecule has 1 saturated carbocycles. The minimum absolute atomic E-state index is 0.186. The van der Waals surface area contributed by atoms with E-state index in [0.29, 0.717) is 31.4 Å². The summed E-state index contributed by atoms with van der Waals surface area (Å²) >= 11 is 0. The van der Waals surface area contributed by atoms with Gasteiger partial charge >= 0.3 is 0 Å². The van der Waals surface area contributed by atoms with Crippen LogP contribution in [0.1, 0.15) is 24.2 Å². The third-order valence-electron chi connectivity index (χ3n) is 5.88. The van der Waals surface area contributed by atoms with Crippen molar-refractivity contribution >= 4 is 16.7 Å². The van der Waals surface area contributed by atoms with Crippen molar-refractivity contribution in [3.05, 3.63) is 78.4 Å². The number of fused-ring (bicyclic) bond motifs is 1. The van der Waals surface area contributed by atoms with Crippen LogP contribution in [-0.4, -0.2) is 43.1 Å². The van der Waals surface area contributed by atoms with E-state index < -0.39 is 0 Å². The lowest BCUT2D eigenvalue weighted by Crippen LogP contribution is -2.37. The average Bonchev–Trinajstić information content (AvgIpc) is 3.57. The molecule has 156 valence electrons. The van der Waals surface area contributed by atoms with Gasteiger partial charge in [0.15, 0.2) is 5.82 Å². The van der Waals surface area contributed by atoms with Gasteiger partial charge in [0.1, 0.15) is 5.82 Å². The molecule has 1 aliphatic carbocycles. The van der Waals surface area contributed by atoms with Crippen LogP contribution in [0.15, 0.2) is 67.0 Å². The smallest absolute Gasteiger partial charge is 0.227 e. The Morgan fingerprint density at radius 1 is 1.06 bits per heavy atom. The molecule has 2 heterocycles. The van der Waals surface area contributed by atoms with Crippen LogP contribution in [0.3, 0.4) is 0 Å². The van der Waals surface area contributed by atoms with Crippen LogP contribution in [-0.2, 0) is 17.8 Å². The lowest BCUT2D eigenvalue weighted by atomic mass is 10.0. The lowest BCUT2D eigenvalue weighted by Gasteiger charge is -2.23. The van der Waals surface area contributed by atoms with Crippen molar-refractivity contribution in [1.29, 1.82) is 0 Å². The molecule has 4 aromatic rings. The first-order valence-corrected chi connectivity index (χ1v) is 10.8. The molecular weight excluding hydrogens is 386 g/mol. The molecule has 0 radical (unpaired) electrons. The van der Waals surface area contributed by atoms with E-state index in [4.69, 9.17) is 0 Å². The first kappa shape index (κ1) is 19.4. The Labute approximate surface area is 181 Å². The second-order valence-electron chi connectivity index (χ2n) is 8.08. The quantitative estimate of drug-likeness (QED) is 0.460. The number of hydrogen-bond acceptors (Lipinski definition) is 4. The topological polar surface area (TPSA) is 63.9 Å². The number of carbonyl (C=O) groups is 1. The summed E-state index contributed by atoms with van der Waals surface area (Å²) in [6.07, 6.45) is 6.08. The minimum atomic E-state index is 0.186. The predicted octanol–water partition coefficient (Wildman–Crippen LogP) is 4.04. The molecule has 31 heavy (non-hydrogen) atoms. The van der Waals surface area contributed by atoms with E-state index in [9.17, 15) is 4.79 Å². The van der Waals surface area contributed by atoms with Crippen LogP contribution in [0.5, 0.6) is 0 Å². The fourth-order valence-corrected chi connectivity index (χ4v) is 4.07. The Morgan fingerprint density at radius 2 is 1.84 bits per heavy atom. The molecule has 2 aromatic carbocycles. The summed E-state index contributed by atoms with van der Waals surface area (Å²) < 4.78 is 1.90. The van der Waals surface area contributed by atoms with Crippen LogP contribution in [0.2, 0.25) is 0 Å². The summed E-state index contributed by atoms with van der Waals surface area (Å²) in [7, 11) is 0. The Morgan fingerprint density at radius 3 is 2.65 bits per heavy atom. The number of nitrogens with zero attached hydrogens (tertiary/aromatic N) is 5. The molecule has 0 spiro atoms. The maximum Gasteiger partial charge on any atom is 0.227 e. The van der Waals surface area contributed by atoms with E-state index in [1.54, 1.807) is 12.4 Å². The van der Waals surface area contributed by atoms with E-state index in [1.165, 1.54) is 5.39 Å². The van der Waals surface area contributed by atoms with E-state index >= 15 is 0 Å². The number of amides is 1. The highest BCUT2D eigenvalue weighted by Gasteiger charge is 2.32. The van der Waals surface area contributed by atoms with Gasteiger partial charge in [-0.05, 0) is 48.2 Å². The predicted molar refractivity (Wildman–Crippen MR) is 120 cm³/mol. The fraction of sp³-hybridized carbons (Fsp3) is 0.280.